The van der Waals surface area contributed by atoms with Crippen LogP contribution < -0.4 is 4.74 Å². The van der Waals surface area contributed by atoms with Crippen molar-refractivity contribution in [1.29, 1.82) is 0 Å². The first-order valence-corrected chi connectivity index (χ1v) is 13.1. The summed E-state index contributed by atoms with van der Waals surface area (Å²) in [5.41, 5.74) is 2.35. The number of likely N-dealkylation sites (tertiary alicyclic amines) is 1. The maximum atomic E-state index is 13.1. The number of carbonyl (C=O) groups is 2. The van der Waals surface area contributed by atoms with E-state index in [-0.39, 0.29) is 36.0 Å². The predicted molar refractivity (Wildman–Crippen MR) is 139 cm³/mol. The summed E-state index contributed by atoms with van der Waals surface area (Å²) in [7, 11) is 3.47. The maximum Gasteiger partial charge on any atom is 0.273 e. The molecule has 2 amide bonds. The number of amides is 2. The first kappa shape index (κ1) is 25.8. The second kappa shape index (κ2) is 11.6. The average Bonchev–Trinajstić information content (AvgIpc) is 3.40. The van der Waals surface area contributed by atoms with Crippen molar-refractivity contribution in [2.45, 2.75) is 44.6 Å². The number of benzene rings is 2. The van der Waals surface area contributed by atoms with Crippen LogP contribution in [0.4, 0.5) is 4.39 Å². The number of thiazole rings is 1. The molecule has 4 rings (SSSR count). The Kier molecular flexibility index (Phi) is 8.36. The molecule has 0 N–H and O–H groups in total. The van der Waals surface area contributed by atoms with Crippen molar-refractivity contribution < 1.29 is 18.7 Å². The molecule has 1 aliphatic heterocycles. The summed E-state index contributed by atoms with van der Waals surface area (Å²) in [6.45, 7) is 3.34. The molecule has 0 radical (unpaired) electrons. The first-order valence-electron chi connectivity index (χ1n) is 12.2. The summed E-state index contributed by atoms with van der Waals surface area (Å²) in [5.74, 6) is 0.726. The second-order valence-electron chi connectivity index (χ2n) is 9.31. The summed E-state index contributed by atoms with van der Waals surface area (Å²) < 4.78 is 18.6. The standard InChI is InChI=1S/C28H32FN3O3S/c1-19(16-22-6-4-5-7-25(22)35-3)31(2)28(34)24-18-36-27(30-24)21-12-14-32(15-13-21)26(33)17-20-8-10-23(29)11-9-20/h4-11,18-19,21H,12-17H2,1-3H3. The normalized spacial score (nSPS) is 14.9. The lowest BCUT2D eigenvalue weighted by molar-refractivity contribution is -0.131. The van der Waals surface area contributed by atoms with Crippen LogP contribution in [0.2, 0.25) is 0 Å². The number of nitrogens with zero attached hydrogens (tertiary/aromatic N) is 3. The van der Waals surface area contributed by atoms with Crippen molar-refractivity contribution >= 4 is 23.2 Å². The van der Waals surface area contributed by atoms with Gasteiger partial charge in [-0.1, -0.05) is 30.3 Å². The predicted octanol–water partition coefficient (Wildman–Crippen LogP) is 4.94. The Balaban J connectivity index is 1.31. The minimum atomic E-state index is -0.301. The first-order chi connectivity index (χ1) is 17.4. The minimum absolute atomic E-state index is 0.0192. The fourth-order valence-corrected chi connectivity index (χ4v) is 5.51. The van der Waals surface area contributed by atoms with Gasteiger partial charge in [0.2, 0.25) is 5.91 Å². The number of carbonyl (C=O) groups excluding carboxylic acids is 2. The van der Waals surface area contributed by atoms with E-state index in [1.54, 1.807) is 24.1 Å². The molecule has 2 heterocycles. The van der Waals surface area contributed by atoms with Gasteiger partial charge in [0.05, 0.1) is 18.5 Å². The number of ether oxygens (including phenoxy) is 1. The molecule has 1 fully saturated rings. The van der Waals surface area contributed by atoms with Crippen LogP contribution in [0.15, 0.2) is 53.9 Å². The van der Waals surface area contributed by atoms with Gasteiger partial charge >= 0.3 is 0 Å². The molecule has 1 atom stereocenters. The number of halogens is 1. The third-order valence-electron chi connectivity index (χ3n) is 6.90. The highest BCUT2D eigenvalue weighted by molar-refractivity contribution is 7.09. The molecular weight excluding hydrogens is 477 g/mol. The monoisotopic (exact) mass is 509 g/mol. The van der Waals surface area contributed by atoms with Gasteiger partial charge < -0.3 is 14.5 Å². The van der Waals surface area contributed by atoms with E-state index < -0.39 is 0 Å². The largest absolute Gasteiger partial charge is 0.496 e. The molecule has 0 spiro atoms. The Bertz CT molecular complexity index is 1190. The zero-order chi connectivity index (χ0) is 25.7. The molecule has 1 aliphatic rings. The Morgan fingerprint density at radius 1 is 1.17 bits per heavy atom. The SMILES string of the molecule is COc1ccccc1CC(C)N(C)C(=O)c1csc(C2CCN(C(=O)Cc3ccc(F)cc3)CC2)n1. The lowest BCUT2D eigenvalue weighted by Gasteiger charge is -2.31. The molecule has 36 heavy (non-hydrogen) atoms. The summed E-state index contributed by atoms with van der Waals surface area (Å²) in [4.78, 5) is 34.1. The molecule has 190 valence electrons. The van der Waals surface area contributed by atoms with E-state index in [1.807, 2.05) is 48.5 Å². The molecule has 8 heteroatoms. The highest BCUT2D eigenvalue weighted by atomic mass is 32.1. The summed E-state index contributed by atoms with van der Waals surface area (Å²) >= 11 is 1.52. The molecule has 2 aromatic carbocycles. The van der Waals surface area contributed by atoms with Crippen molar-refractivity contribution in [3.63, 3.8) is 0 Å². The van der Waals surface area contributed by atoms with Gasteiger partial charge in [0.1, 0.15) is 17.3 Å². The molecule has 1 unspecified atom stereocenters. The molecular formula is C28H32FN3O3S. The lowest BCUT2D eigenvalue weighted by atomic mass is 9.97. The number of para-hydroxylation sites is 1. The van der Waals surface area contributed by atoms with Crippen LogP contribution in [0.1, 0.15) is 52.3 Å². The molecule has 3 aromatic rings. The van der Waals surface area contributed by atoms with Gasteiger partial charge in [0.25, 0.3) is 5.91 Å². The van der Waals surface area contributed by atoms with Crippen LogP contribution in [0.3, 0.4) is 0 Å². The van der Waals surface area contributed by atoms with Crippen LogP contribution in [-0.4, -0.2) is 59.9 Å². The quantitative estimate of drug-likeness (QED) is 0.431. The van der Waals surface area contributed by atoms with Crippen LogP contribution >= 0.6 is 11.3 Å². The van der Waals surface area contributed by atoms with Crippen LogP contribution in [-0.2, 0) is 17.6 Å². The Hall–Kier alpha value is -3.26. The van der Waals surface area contributed by atoms with Crippen molar-refractivity contribution in [3.05, 3.63) is 81.6 Å². The molecule has 1 aromatic heterocycles. The Morgan fingerprint density at radius 3 is 2.56 bits per heavy atom. The number of hydrogen-bond acceptors (Lipinski definition) is 5. The third kappa shape index (κ3) is 6.10. The molecule has 0 bridgehead atoms. The lowest BCUT2D eigenvalue weighted by Crippen LogP contribution is -2.39. The van der Waals surface area contributed by atoms with Gasteiger partial charge in [0, 0.05) is 37.5 Å². The number of hydrogen-bond donors (Lipinski definition) is 0. The van der Waals surface area contributed by atoms with E-state index in [2.05, 4.69) is 4.98 Å². The van der Waals surface area contributed by atoms with Gasteiger partial charge in [-0.25, -0.2) is 9.37 Å². The third-order valence-corrected chi connectivity index (χ3v) is 7.90. The molecule has 0 aliphatic carbocycles. The van der Waals surface area contributed by atoms with Gasteiger partial charge in [-0.05, 0) is 55.5 Å². The van der Waals surface area contributed by atoms with E-state index in [1.165, 1.54) is 23.5 Å². The zero-order valence-electron chi connectivity index (χ0n) is 20.9. The fourth-order valence-electron chi connectivity index (χ4n) is 4.55. The molecule has 6 nitrogen and oxygen atoms in total. The van der Waals surface area contributed by atoms with Crippen LogP contribution in [0.5, 0.6) is 5.75 Å². The van der Waals surface area contributed by atoms with E-state index in [0.29, 0.717) is 25.2 Å². The number of piperidine rings is 1. The smallest absolute Gasteiger partial charge is 0.273 e. The number of likely N-dealkylation sites (N-methyl/N-ethyl adjacent to an activating group) is 1. The summed E-state index contributed by atoms with van der Waals surface area (Å²) in [6, 6.07) is 13.9. The zero-order valence-corrected chi connectivity index (χ0v) is 21.8. The molecule has 0 saturated carbocycles. The van der Waals surface area contributed by atoms with Crippen molar-refractivity contribution in [2.75, 3.05) is 27.2 Å². The van der Waals surface area contributed by atoms with E-state index in [9.17, 15) is 14.0 Å². The van der Waals surface area contributed by atoms with Gasteiger partial charge in [-0.2, -0.15) is 0 Å². The Morgan fingerprint density at radius 2 is 1.86 bits per heavy atom. The maximum absolute atomic E-state index is 13.1. The van der Waals surface area contributed by atoms with Crippen LogP contribution in [0.25, 0.3) is 0 Å². The van der Waals surface area contributed by atoms with Gasteiger partial charge in [0.15, 0.2) is 0 Å². The summed E-state index contributed by atoms with van der Waals surface area (Å²) in [6.07, 6.45) is 2.60. The number of rotatable bonds is 8. The van der Waals surface area contributed by atoms with Crippen molar-refractivity contribution in [3.8, 4) is 5.75 Å². The van der Waals surface area contributed by atoms with Gasteiger partial charge in [-0.15, -0.1) is 11.3 Å². The highest BCUT2D eigenvalue weighted by Crippen LogP contribution is 2.31. The van der Waals surface area contributed by atoms with E-state index >= 15 is 0 Å². The number of aromatic nitrogens is 1. The number of methoxy groups -OCH3 is 1. The van der Waals surface area contributed by atoms with Gasteiger partial charge in [-0.3, -0.25) is 9.59 Å². The van der Waals surface area contributed by atoms with Crippen molar-refractivity contribution in [1.82, 2.24) is 14.8 Å². The fraction of sp³-hybridized carbons (Fsp3) is 0.393. The van der Waals surface area contributed by atoms with E-state index in [4.69, 9.17) is 4.74 Å². The molecule has 1 saturated heterocycles. The summed E-state index contributed by atoms with van der Waals surface area (Å²) in [5, 5.41) is 2.80. The van der Waals surface area contributed by atoms with Crippen molar-refractivity contribution in [2.24, 2.45) is 0 Å². The second-order valence-corrected chi connectivity index (χ2v) is 10.2. The Labute approximate surface area is 215 Å². The van der Waals surface area contributed by atoms with E-state index in [0.717, 1.165) is 34.7 Å². The highest BCUT2D eigenvalue weighted by Gasteiger charge is 2.27. The topological polar surface area (TPSA) is 62.7 Å². The minimum Gasteiger partial charge on any atom is -0.496 e. The van der Waals surface area contributed by atoms with Crippen LogP contribution in [0, 0.1) is 5.82 Å². The average molecular weight is 510 g/mol.